The molecule has 1 aromatic heterocycles. The highest BCUT2D eigenvalue weighted by Crippen LogP contribution is 2.34. The van der Waals surface area contributed by atoms with Crippen LogP contribution in [0.2, 0.25) is 0 Å². The summed E-state index contributed by atoms with van der Waals surface area (Å²) in [4.78, 5) is 30.5. The minimum absolute atomic E-state index is 0.300. The molecule has 2 heterocycles. The van der Waals surface area contributed by atoms with Gasteiger partial charge in [-0.25, -0.2) is 9.88 Å². The Kier molecular flexibility index (Phi) is 2.46. The average Bonchev–Trinajstić information content (AvgIpc) is 2.99. The molecule has 21 heavy (non-hydrogen) atoms. The first-order valence-corrected chi connectivity index (χ1v) is 7.32. The summed E-state index contributed by atoms with van der Waals surface area (Å²) < 4.78 is 0.965. The standard InChI is InChI=1S/C16H10N2O2S/c1-9-6-7-13-12(8-9)17-16(21-13)18-14(19)10-4-2-3-5-11(10)15(18)20/h2-8H,1H3. The second-order valence-electron chi connectivity index (χ2n) is 4.96. The van der Waals surface area contributed by atoms with Crippen LogP contribution in [-0.2, 0) is 0 Å². The molecule has 0 radical (unpaired) electrons. The third-order valence-electron chi connectivity index (χ3n) is 3.52. The van der Waals surface area contributed by atoms with Crippen LogP contribution >= 0.6 is 11.3 Å². The van der Waals surface area contributed by atoms with Crippen molar-refractivity contribution in [1.82, 2.24) is 4.98 Å². The highest BCUT2D eigenvalue weighted by atomic mass is 32.1. The van der Waals surface area contributed by atoms with E-state index in [-0.39, 0.29) is 11.8 Å². The van der Waals surface area contributed by atoms with Crippen molar-refractivity contribution in [2.45, 2.75) is 6.92 Å². The molecule has 0 unspecified atom stereocenters. The number of aromatic nitrogens is 1. The fourth-order valence-corrected chi connectivity index (χ4v) is 3.43. The Bertz CT molecular complexity index is 879. The molecule has 0 saturated carbocycles. The van der Waals surface area contributed by atoms with Crippen LogP contribution in [-0.4, -0.2) is 16.8 Å². The van der Waals surface area contributed by atoms with Gasteiger partial charge in [0.05, 0.1) is 21.3 Å². The molecule has 0 fully saturated rings. The molecule has 4 rings (SSSR count). The number of imide groups is 1. The van der Waals surface area contributed by atoms with Crippen molar-refractivity contribution >= 4 is 38.5 Å². The Morgan fingerprint density at radius 2 is 1.67 bits per heavy atom. The van der Waals surface area contributed by atoms with Gasteiger partial charge in [0.2, 0.25) is 5.13 Å². The summed E-state index contributed by atoms with van der Waals surface area (Å²) in [6.07, 6.45) is 0. The predicted molar refractivity (Wildman–Crippen MR) is 81.9 cm³/mol. The number of rotatable bonds is 1. The third-order valence-corrected chi connectivity index (χ3v) is 4.54. The topological polar surface area (TPSA) is 50.3 Å². The molecule has 2 aromatic carbocycles. The van der Waals surface area contributed by atoms with E-state index in [0.717, 1.165) is 15.8 Å². The second kappa shape index (κ2) is 4.23. The molecular weight excluding hydrogens is 284 g/mol. The van der Waals surface area contributed by atoms with Gasteiger partial charge in [-0.15, -0.1) is 0 Å². The number of nitrogens with zero attached hydrogens (tertiary/aromatic N) is 2. The lowest BCUT2D eigenvalue weighted by molar-refractivity contribution is 0.0926. The minimum Gasteiger partial charge on any atom is -0.268 e. The maximum absolute atomic E-state index is 12.4. The summed E-state index contributed by atoms with van der Waals surface area (Å²) in [6.45, 7) is 1.99. The molecular formula is C16H10N2O2S. The van der Waals surface area contributed by atoms with Crippen molar-refractivity contribution in [3.63, 3.8) is 0 Å². The lowest BCUT2D eigenvalue weighted by atomic mass is 10.1. The smallest absolute Gasteiger partial charge is 0.268 e. The van der Waals surface area contributed by atoms with E-state index >= 15 is 0 Å². The molecule has 1 aliphatic rings. The van der Waals surface area contributed by atoms with Gasteiger partial charge in [-0.3, -0.25) is 9.59 Å². The first kappa shape index (κ1) is 12.2. The van der Waals surface area contributed by atoms with Gasteiger partial charge >= 0.3 is 0 Å². The first-order valence-electron chi connectivity index (χ1n) is 6.50. The molecule has 5 heteroatoms. The summed E-state index contributed by atoms with van der Waals surface area (Å²) in [7, 11) is 0. The fraction of sp³-hybridized carbons (Fsp3) is 0.0625. The van der Waals surface area contributed by atoms with Gasteiger partial charge in [-0.1, -0.05) is 29.5 Å². The molecule has 3 aromatic rings. The number of hydrogen-bond acceptors (Lipinski definition) is 4. The fourth-order valence-electron chi connectivity index (χ4n) is 2.48. The number of anilines is 1. The number of carbonyl (C=O) groups is 2. The molecule has 4 nitrogen and oxygen atoms in total. The first-order chi connectivity index (χ1) is 10.1. The van der Waals surface area contributed by atoms with E-state index in [1.165, 1.54) is 16.2 Å². The number of fused-ring (bicyclic) bond motifs is 2. The maximum Gasteiger partial charge on any atom is 0.268 e. The van der Waals surface area contributed by atoms with Gasteiger partial charge in [0.25, 0.3) is 11.8 Å². The number of hydrogen-bond donors (Lipinski definition) is 0. The van der Waals surface area contributed by atoms with Gasteiger partial charge in [0.1, 0.15) is 0 Å². The zero-order chi connectivity index (χ0) is 14.6. The minimum atomic E-state index is -0.300. The van der Waals surface area contributed by atoms with Crippen LogP contribution in [0.25, 0.3) is 10.2 Å². The summed E-state index contributed by atoms with van der Waals surface area (Å²) in [6, 6.07) is 12.8. The molecule has 0 spiro atoms. The summed E-state index contributed by atoms with van der Waals surface area (Å²) in [5.41, 5.74) is 2.80. The quantitative estimate of drug-likeness (QED) is 0.646. The highest BCUT2D eigenvalue weighted by Gasteiger charge is 2.38. The Balaban J connectivity index is 1.86. The van der Waals surface area contributed by atoms with Crippen LogP contribution in [0.4, 0.5) is 5.13 Å². The number of amides is 2. The largest absolute Gasteiger partial charge is 0.268 e. The van der Waals surface area contributed by atoms with E-state index in [1.807, 2.05) is 25.1 Å². The van der Waals surface area contributed by atoms with E-state index in [2.05, 4.69) is 4.98 Å². The van der Waals surface area contributed by atoms with Crippen molar-refractivity contribution in [3.8, 4) is 0 Å². The number of thiazole rings is 1. The predicted octanol–water partition coefficient (Wildman–Crippen LogP) is 3.41. The maximum atomic E-state index is 12.4. The SMILES string of the molecule is Cc1ccc2sc(N3C(=O)c4ccccc4C3=O)nc2c1. The molecule has 0 aliphatic carbocycles. The second-order valence-corrected chi connectivity index (χ2v) is 5.97. The van der Waals surface area contributed by atoms with E-state index in [0.29, 0.717) is 16.3 Å². The monoisotopic (exact) mass is 294 g/mol. The molecule has 0 N–H and O–H groups in total. The average molecular weight is 294 g/mol. The van der Waals surface area contributed by atoms with Crippen molar-refractivity contribution in [2.24, 2.45) is 0 Å². The Labute approximate surface area is 124 Å². The molecule has 0 saturated heterocycles. The van der Waals surface area contributed by atoms with E-state index < -0.39 is 0 Å². The van der Waals surface area contributed by atoms with Crippen LogP contribution in [0, 0.1) is 6.92 Å². The molecule has 2 amide bonds. The van der Waals surface area contributed by atoms with E-state index in [4.69, 9.17) is 0 Å². The van der Waals surface area contributed by atoms with E-state index in [9.17, 15) is 9.59 Å². The van der Waals surface area contributed by atoms with Gasteiger partial charge in [0.15, 0.2) is 0 Å². The number of carbonyl (C=O) groups excluding carboxylic acids is 2. The van der Waals surface area contributed by atoms with Crippen LogP contribution < -0.4 is 4.90 Å². The van der Waals surface area contributed by atoms with E-state index in [1.54, 1.807) is 24.3 Å². The van der Waals surface area contributed by atoms with Crippen LogP contribution in [0.15, 0.2) is 42.5 Å². The third kappa shape index (κ3) is 1.71. The van der Waals surface area contributed by atoms with Crippen molar-refractivity contribution in [2.75, 3.05) is 4.90 Å². The zero-order valence-corrected chi connectivity index (χ0v) is 12.0. The zero-order valence-electron chi connectivity index (χ0n) is 11.2. The Morgan fingerprint density at radius 1 is 1.00 bits per heavy atom. The summed E-state index contributed by atoms with van der Waals surface area (Å²) in [5, 5.41) is 0.432. The molecule has 1 aliphatic heterocycles. The van der Waals surface area contributed by atoms with Gasteiger partial charge < -0.3 is 0 Å². The summed E-state index contributed by atoms with van der Waals surface area (Å²) in [5.74, 6) is -0.599. The van der Waals surface area contributed by atoms with Gasteiger partial charge in [0, 0.05) is 0 Å². The summed E-state index contributed by atoms with van der Waals surface area (Å²) >= 11 is 1.35. The van der Waals surface area contributed by atoms with Crippen molar-refractivity contribution in [1.29, 1.82) is 0 Å². The van der Waals surface area contributed by atoms with Crippen molar-refractivity contribution < 1.29 is 9.59 Å². The number of benzene rings is 2. The molecule has 0 atom stereocenters. The Hall–Kier alpha value is -2.53. The molecule has 102 valence electrons. The lowest BCUT2D eigenvalue weighted by Crippen LogP contribution is -2.29. The van der Waals surface area contributed by atoms with Gasteiger partial charge in [-0.2, -0.15) is 0 Å². The van der Waals surface area contributed by atoms with Crippen LogP contribution in [0.5, 0.6) is 0 Å². The van der Waals surface area contributed by atoms with Gasteiger partial charge in [-0.05, 0) is 36.8 Å². The van der Waals surface area contributed by atoms with Crippen LogP contribution in [0.1, 0.15) is 26.3 Å². The highest BCUT2D eigenvalue weighted by molar-refractivity contribution is 7.22. The molecule has 0 bridgehead atoms. The number of aryl methyl sites for hydroxylation is 1. The van der Waals surface area contributed by atoms with Crippen molar-refractivity contribution in [3.05, 3.63) is 59.2 Å². The lowest BCUT2D eigenvalue weighted by Gasteiger charge is -2.08. The van der Waals surface area contributed by atoms with Crippen LogP contribution in [0.3, 0.4) is 0 Å². The Morgan fingerprint density at radius 3 is 2.33 bits per heavy atom. The normalized spacial score (nSPS) is 14.0.